The molecule has 0 aromatic carbocycles. The minimum Gasteiger partial charge on any atom is -0.313 e. The van der Waals surface area contributed by atoms with Crippen LogP contribution in [-0.4, -0.2) is 24.1 Å². The average molecular weight is 257 g/mol. The SMILES string of the molecule is CC(C)CSCC(C)NCCc1ccsc1. The van der Waals surface area contributed by atoms with Gasteiger partial charge >= 0.3 is 0 Å². The van der Waals surface area contributed by atoms with E-state index in [1.54, 1.807) is 11.3 Å². The highest BCUT2D eigenvalue weighted by molar-refractivity contribution is 7.99. The molecule has 92 valence electrons. The molecule has 0 bridgehead atoms. The first-order chi connectivity index (χ1) is 7.68. The van der Waals surface area contributed by atoms with E-state index in [2.05, 4.69) is 54.7 Å². The first kappa shape index (κ1) is 14.1. The van der Waals surface area contributed by atoms with Crippen molar-refractivity contribution < 1.29 is 0 Å². The van der Waals surface area contributed by atoms with Gasteiger partial charge in [-0.2, -0.15) is 23.1 Å². The normalized spacial score (nSPS) is 13.2. The summed E-state index contributed by atoms with van der Waals surface area (Å²) < 4.78 is 0. The Morgan fingerprint density at radius 1 is 1.31 bits per heavy atom. The van der Waals surface area contributed by atoms with E-state index in [1.165, 1.54) is 17.1 Å². The van der Waals surface area contributed by atoms with Gasteiger partial charge in [-0.1, -0.05) is 13.8 Å². The van der Waals surface area contributed by atoms with Crippen LogP contribution in [0.3, 0.4) is 0 Å². The van der Waals surface area contributed by atoms with Crippen LogP contribution in [-0.2, 0) is 6.42 Å². The van der Waals surface area contributed by atoms with Gasteiger partial charge in [0.2, 0.25) is 0 Å². The molecular formula is C13H23NS2. The number of hydrogen-bond acceptors (Lipinski definition) is 3. The molecule has 0 spiro atoms. The Morgan fingerprint density at radius 3 is 2.75 bits per heavy atom. The molecule has 1 nitrogen and oxygen atoms in total. The van der Waals surface area contributed by atoms with Gasteiger partial charge in [-0.05, 0) is 54.0 Å². The molecule has 0 aliphatic carbocycles. The third-order valence-corrected chi connectivity index (χ3v) is 4.68. The van der Waals surface area contributed by atoms with Gasteiger partial charge in [0.15, 0.2) is 0 Å². The molecule has 0 aliphatic heterocycles. The Labute approximate surface area is 108 Å². The quantitative estimate of drug-likeness (QED) is 0.763. The lowest BCUT2D eigenvalue weighted by molar-refractivity contribution is 0.596. The van der Waals surface area contributed by atoms with Crippen molar-refractivity contribution in [1.29, 1.82) is 0 Å². The summed E-state index contributed by atoms with van der Waals surface area (Å²) in [7, 11) is 0. The summed E-state index contributed by atoms with van der Waals surface area (Å²) in [6.07, 6.45) is 1.16. The molecule has 1 heterocycles. The first-order valence-corrected chi connectivity index (χ1v) is 8.10. The minimum absolute atomic E-state index is 0.627. The monoisotopic (exact) mass is 257 g/mol. The van der Waals surface area contributed by atoms with E-state index in [0.29, 0.717) is 6.04 Å². The van der Waals surface area contributed by atoms with Gasteiger partial charge in [0.05, 0.1) is 0 Å². The second-order valence-electron chi connectivity index (χ2n) is 4.67. The smallest absolute Gasteiger partial charge is 0.0130 e. The van der Waals surface area contributed by atoms with Crippen molar-refractivity contribution in [3.05, 3.63) is 22.4 Å². The van der Waals surface area contributed by atoms with Crippen LogP contribution in [0.5, 0.6) is 0 Å². The van der Waals surface area contributed by atoms with Crippen molar-refractivity contribution in [3.63, 3.8) is 0 Å². The Hall–Kier alpha value is 0.01000. The molecule has 0 saturated heterocycles. The maximum Gasteiger partial charge on any atom is 0.0130 e. The van der Waals surface area contributed by atoms with E-state index in [4.69, 9.17) is 0 Å². The molecule has 1 aromatic heterocycles. The summed E-state index contributed by atoms with van der Waals surface area (Å²) in [6, 6.07) is 2.84. The molecule has 1 unspecified atom stereocenters. The van der Waals surface area contributed by atoms with Crippen molar-refractivity contribution in [1.82, 2.24) is 5.32 Å². The molecule has 1 atom stereocenters. The van der Waals surface area contributed by atoms with Crippen molar-refractivity contribution in [2.45, 2.75) is 33.2 Å². The Bertz CT molecular complexity index is 257. The van der Waals surface area contributed by atoms with Gasteiger partial charge in [-0.25, -0.2) is 0 Å². The second-order valence-corrected chi connectivity index (χ2v) is 6.52. The summed E-state index contributed by atoms with van der Waals surface area (Å²) in [5.41, 5.74) is 1.46. The van der Waals surface area contributed by atoms with Gasteiger partial charge < -0.3 is 5.32 Å². The van der Waals surface area contributed by atoms with Crippen LogP contribution in [0.15, 0.2) is 16.8 Å². The summed E-state index contributed by atoms with van der Waals surface area (Å²) in [4.78, 5) is 0. The van der Waals surface area contributed by atoms with Crippen LogP contribution in [0.25, 0.3) is 0 Å². The summed E-state index contributed by atoms with van der Waals surface area (Å²) in [6.45, 7) is 7.93. The second kappa shape index (κ2) is 8.15. The number of hydrogen-bond donors (Lipinski definition) is 1. The lowest BCUT2D eigenvalue weighted by Gasteiger charge is -2.13. The minimum atomic E-state index is 0.627. The zero-order chi connectivity index (χ0) is 11.8. The number of rotatable bonds is 8. The van der Waals surface area contributed by atoms with E-state index >= 15 is 0 Å². The molecule has 0 amide bonds. The van der Waals surface area contributed by atoms with Gasteiger partial charge in [0.25, 0.3) is 0 Å². The highest BCUT2D eigenvalue weighted by atomic mass is 32.2. The molecule has 0 fully saturated rings. The number of thiophene rings is 1. The Morgan fingerprint density at radius 2 is 2.12 bits per heavy atom. The van der Waals surface area contributed by atoms with E-state index in [-0.39, 0.29) is 0 Å². The molecule has 0 saturated carbocycles. The van der Waals surface area contributed by atoms with Crippen molar-refractivity contribution in [2.75, 3.05) is 18.1 Å². The van der Waals surface area contributed by atoms with E-state index in [0.717, 1.165) is 18.9 Å². The zero-order valence-corrected chi connectivity index (χ0v) is 12.2. The highest BCUT2D eigenvalue weighted by Crippen LogP contribution is 2.09. The lowest BCUT2D eigenvalue weighted by atomic mass is 10.2. The third kappa shape index (κ3) is 6.56. The fourth-order valence-electron chi connectivity index (χ4n) is 1.44. The molecule has 1 N–H and O–H groups in total. The van der Waals surface area contributed by atoms with Gasteiger partial charge in [0.1, 0.15) is 0 Å². The fraction of sp³-hybridized carbons (Fsp3) is 0.692. The molecule has 1 aromatic rings. The van der Waals surface area contributed by atoms with Crippen LogP contribution < -0.4 is 5.32 Å². The molecule has 0 radical (unpaired) electrons. The molecule has 3 heteroatoms. The van der Waals surface area contributed by atoms with Crippen LogP contribution in [0, 0.1) is 5.92 Å². The molecule has 16 heavy (non-hydrogen) atoms. The summed E-state index contributed by atoms with van der Waals surface area (Å²) in [5, 5.41) is 7.96. The van der Waals surface area contributed by atoms with Gasteiger partial charge in [-0.15, -0.1) is 0 Å². The first-order valence-electron chi connectivity index (χ1n) is 6.00. The zero-order valence-electron chi connectivity index (χ0n) is 10.5. The predicted octanol–water partition coefficient (Wildman–Crippen LogP) is 3.66. The van der Waals surface area contributed by atoms with Crippen molar-refractivity contribution in [3.8, 4) is 0 Å². The average Bonchev–Trinajstić information content (AvgIpc) is 2.70. The number of nitrogens with one attached hydrogen (secondary N) is 1. The lowest BCUT2D eigenvalue weighted by Crippen LogP contribution is -2.30. The van der Waals surface area contributed by atoms with Crippen molar-refractivity contribution in [2.24, 2.45) is 5.92 Å². The Balaban J connectivity index is 2.00. The largest absolute Gasteiger partial charge is 0.313 e. The van der Waals surface area contributed by atoms with E-state index < -0.39 is 0 Å². The fourth-order valence-corrected chi connectivity index (χ4v) is 3.22. The topological polar surface area (TPSA) is 12.0 Å². The molecule has 0 aliphatic rings. The van der Waals surface area contributed by atoms with Gasteiger partial charge in [0, 0.05) is 11.8 Å². The van der Waals surface area contributed by atoms with Gasteiger partial charge in [-0.3, -0.25) is 0 Å². The van der Waals surface area contributed by atoms with E-state index in [9.17, 15) is 0 Å². The highest BCUT2D eigenvalue weighted by Gasteiger charge is 2.02. The number of thioether (sulfide) groups is 1. The maximum absolute atomic E-state index is 3.58. The van der Waals surface area contributed by atoms with Crippen LogP contribution in [0.4, 0.5) is 0 Å². The van der Waals surface area contributed by atoms with Crippen molar-refractivity contribution >= 4 is 23.1 Å². The van der Waals surface area contributed by atoms with Crippen LogP contribution in [0.1, 0.15) is 26.3 Å². The summed E-state index contributed by atoms with van der Waals surface area (Å²) in [5.74, 6) is 3.31. The standard InChI is InChI=1S/C13H23NS2/c1-11(2)8-16-9-12(3)14-6-4-13-5-7-15-10-13/h5,7,10-12,14H,4,6,8-9H2,1-3H3. The summed E-state index contributed by atoms with van der Waals surface area (Å²) >= 11 is 3.84. The predicted molar refractivity (Wildman–Crippen MR) is 77.7 cm³/mol. The maximum atomic E-state index is 3.58. The molecular weight excluding hydrogens is 234 g/mol. The van der Waals surface area contributed by atoms with Crippen LogP contribution >= 0.6 is 23.1 Å². The molecule has 1 rings (SSSR count). The van der Waals surface area contributed by atoms with E-state index in [1.807, 2.05) is 0 Å². The Kier molecular flexibility index (Phi) is 7.17. The van der Waals surface area contributed by atoms with Crippen LogP contribution in [0.2, 0.25) is 0 Å². The third-order valence-electron chi connectivity index (χ3n) is 2.31.